The zero-order chi connectivity index (χ0) is 24.4. The van der Waals surface area contributed by atoms with E-state index in [4.69, 9.17) is 31.8 Å². The van der Waals surface area contributed by atoms with Gasteiger partial charge in [0.05, 0.1) is 19.2 Å². The smallest absolute Gasteiger partial charge is 0.306 e. The molecule has 1 aromatic carbocycles. The number of anilines is 2. The molecule has 0 saturated heterocycles. The van der Waals surface area contributed by atoms with Gasteiger partial charge in [0, 0.05) is 10.9 Å². The van der Waals surface area contributed by atoms with Crippen LogP contribution in [-0.2, 0) is 4.79 Å². The number of nitrogens with zero attached hydrogens (tertiary/aromatic N) is 2. The third-order valence-corrected chi connectivity index (χ3v) is 6.05. The number of fused-ring (bicyclic) bond motifs is 1. The van der Waals surface area contributed by atoms with Gasteiger partial charge in [-0.25, -0.2) is 4.98 Å². The maximum atomic E-state index is 11.8. The van der Waals surface area contributed by atoms with Gasteiger partial charge in [-0.3, -0.25) is 9.59 Å². The largest absolute Gasteiger partial charge is 0.493 e. The third kappa shape index (κ3) is 4.45. The summed E-state index contributed by atoms with van der Waals surface area (Å²) in [6.07, 6.45) is -2.68. The van der Waals surface area contributed by atoms with E-state index >= 15 is 0 Å². The first-order valence-electron chi connectivity index (χ1n) is 9.55. The molecule has 0 fully saturated rings. The van der Waals surface area contributed by atoms with Gasteiger partial charge in [-0.1, -0.05) is 6.07 Å². The van der Waals surface area contributed by atoms with Crippen molar-refractivity contribution in [3.63, 3.8) is 0 Å². The minimum absolute atomic E-state index is 0.0399. The lowest BCUT2D eigenvalue weighted by Gasteiger charge is -2.21. The summed E-state index contributed by atoms with van der Waals surface area (Å²) < 4.78 is 11.1. The number of hydrogen-bond acceptors (Lipinski definition) is 10. The summed E-state index contributed by atoms with van der Waals surface area (Å²) in [4.78, 5) is 27.3. The molecule has 0 aliphatic heterocycles. The quantitative estimate of drug-likeness (QED) is 0.321. The summed E-state index contributed by atoms with van der Waals surface area (Å²) in [7, 11) is 1.42. The highest BCUT2D eigenvalue weighted by Gasteiger charge is 2.25. The Labute approximate surface area is 192 Å². The standard InChI is InChI=1S/C21H21N5O6S/c1-8(11(27)6-14(28)29)32-13-5-9(3-4-12(13)31-2)15-10(7-22)19(24)26-21-16(15)17(23)18(33-21)20(25)30/h3-5,8,11,27H,6,23H2,1-2H3,(H2,24,26)(H2,25,30)(H,28,29). The Balaban J connectivity index is 2.22. The van der Waals surface area contributed by atoms with Gasteiger partial charge in [0.1, 0.15) is 39.4 Å². The van der Waals surface area contributed by atoms with Crippen LogP contribution in [0.3, 0.4) is 0 Å². The third-order valence-electron chi connectivity index (χ3n) is 4.93. The topological polar surface area (TPSA) is 208 Å². The Bertz CT molecular complexity index is 1300. The van der Waals surface area contributed by atoms with Crippen LogP contribution in [-0.4, -0.2) is 46.4 Å². The average Bonchev–Trinajstić information content (AvgIpc) is 3.08. The first-order valence-corrected chi connectivity index (χ1v) is 10.4. The number of aliphatic hydroxyl groups excluding tert-OH is 1. The molecule has 3 aromatic rings. The number of pyridine rings is 1. The van der Waals surface area contributed by atoms with Crippen LogP contribution >= 0.6 is 11.3 Å². The number of carbonyl (C=O) groups excluding carboxylic acids is 1. The summed E-state index contributed by atoms with van der Waals surface area (Å²) in [6, 6.07) is 6.77. The number of methoxy groups -OCH3 is 1. The highest BCUT2D eigenvalue weighted by atomic mass is 32.1. The summed E-state index contributed by atoms with van der Waals surface area (Å²) in [5.74, 6) is -1.48. The van der Waals surface area contributed by atoms with Gasteiger partial charge in [-0.2, -0.15) is 5.26 Å². The van der Waals surface area contributed by atoms with Gasteiger partial charge in [-0.15, -0.1) is 11.3 Å². The minimum Gasteiger partial charge on any atom is -0.493 e. The average molecular weight is 471 g/mol. The van der Waals surface area contributed by atoms with E-state index in [0.717, 1.165) is 11.3 Å². The molecule has 0 aliphatic carbocycles. The summed E-state index contributed by atoms with van der Waals surface area (Å²) in [5.41, 5.74) is 18.5. The zero-order valence-corrected chi connectivity index (χ0v) is 18.5. The first kappa shape index (κ1) is 23.6. The number of aliphatic hydroxyl groups is 1. The number of aromatic nitrogens is 1. The number of benzene rings is 1. The predicted molar refractivity (Wildman–Crippen MR) is 122 cm³/mol. The maximum Gasteiger partial charge on any atom is 0.306 e. The summed E-state index contributed by atoms with van der Waals surface area (Å²) >= 11 is 0.962. The molecule has 11 nitrogen and oxygen atoms in total. The van der Waals surface area contributed by atoms with Crippen molar-refractivity contribution in [2.75, 3.05) is 18.6 Å². The van der Waals surface area contributed by atoms with E-state index in [1.165, 1.54) is 14.0 Å². The van der Waals surface area contributed by atoms with Crippen LogP contribution in [0.2, 0.25) is 0 Å². The molecule has 0 spiro atoms. The number of carboxylic acids is 1. The van der Waals surface area contributed by atoms with Gasteiger partial charge in [-0.05, 0) is 24.6 Å². The van der Waals surface area contributed by atoms with Crippen LogP contribution in [0.5, 0.6) is 11.5 Å². The fourth-order valence-corrected chi connectivity index (χ4v) is 4.27. The molecule has 0 aliphatic rings. The van der Waals surface area contributed by atoms with Gasteiger partial charge in [0.2, 0.25) is 0 Å². The number of amides is 1. The molecule has 2 aromatic heterocycles. The van der Waals surface area contributed by atoms with Crippen molar-refractivity contribution in [2.45, 2.75) is 25.6 Å². The monoisotopic (exact) mass is 471 g/mol. The van der Waals surface area contributed by atoms with E-state index in [-0.39, 0.29) is 27.7 Å². The maximum absolute atomic E-state index is 11.8. The molecule has 0 saturated carbocycles. The Hall–Kier alpha value is -4.08. The molecule has 0 radical (unpaired) electrons. The highest BCUT2D eigenvalue weighted by Crippen LogP contribution is 2.44. The first-order chi connectivity index (χ1) is 15.6. The number of primary amides is 1. The number of rotatable bonds is 8. The Morgan fingerprint density at radius 3 is 2.58 bits per heavy atom. The second kappa shape index (κ2) is 9.19. The van der Waals surface area contributed by atoms with Crippen molar-refractivity contribution in [3.8, 4) is 28.7 Å². The molecule has 172 valence electrons. The van der Waals surface area contributed by atoms with Gasteiger partial charge < -0.3 is 36.9 Å². The van der Waals surface area contributed by atoms with Crippen molar-refractivity contribution in [1.29, 1.82) is 5.26 Å². The van der Waals surface area contributed by atoms with Crippen LogP contribution in [0.1, 0.15) is 28.6 Å². The fourth-order valence-electron chi connectivity index (χ4n) is 3.30. The van der Waals surface area contributed by atoms with Gasteiger partial charge in [0.15, 0.2) is 11.5 Å². The molecule has 33 heavy (non-hydrogen) atoms. The number of hydrogen-bond donors (Lipinski definition) is 5. The Morgan fingerprint density at radius 2 is 2.00 bits per heavy atom. The van der Waals surface area contributed by atoms with Crippen molar-refractivity contribution >= 4 is 44.9 Å². The van der Waals surface area contributed by atoms with Gasteiger partial charge in [0.25, 0.3) is 5.91 Å². The van der Waals surface area contributed by atoms with E-state index in [1.807, 2.05) is 6.07 Å². The number of carboxylic acid groups (broad SMARTS) is 1. The molecule has 2 atom stereocenters. The number of carbonyl (C=O) groups is 2. The predicted octanol–water partition coefficient (Wildman–Crippen LogP) is 1.71. The van der Waals surface area contributed by atoms with Crippen LogP contribution < -0.4 is 26.7 Å². The number of ether oxygens (including phenoxy) is 2. The lowest BCUT2D eigenvalue weighted by Crippen LogP contribution is -2.31. The molecule has 3 rings (SSSR count). The minimum atomic E-state index is -1.28. The number of nitriles is 1. The molecule has 8 N–H and O–H groups in total. The molecule has 12 heteroatoms. The zero-order valence-electron chi connectivity index (χ0n) is 17.7. The Morgan fingerprint density at radius 1 is 1.30 bits per heavy atom. The normalized spacial score (nSPS) is 12.7. The lowest BCUT2D eigenvalue weighted by molar-refractivity contribution is -0.140. The van der Waals surface area contributed by atoms with Crippen LogP contribution in [0.15, 0.2) is 18.2 Å². The molecular weight excluding hydrogens is 450 g/mol. The second-order valence-electron chi connectivity index (χ2n) is 7.10. The fraction of sp³-hybridized carbons (Fsp3) is 0.238. The number of thiophene rings is 1. The van der Waals surface area contributed by atoms with E-state index in [9.17, 15) is 20.0 Å². The molecule has 1 amide bonds. The SMILES string of the molecule is COc1ccc(-c2c(C#N)c(N)nc3sc(C(N)=O)c(N)c23)cc1OC(C)C(O)CC(=O)O. The molecule has 2 heterocycles. The lowest BCUT2D eigenvalue weighted by atomic mass is 9.96. The van der Waals surface area contributed by atoms with Crippen LogP contribution in [0, 0.1) is 11.3 Å². The highest BCUT2D eigenvalue weighted by molar-refractivity contribution is 7.21. The van der Waals surface area contributed by atoms with Crippen LogP contribution in [0.4, 0.5) is 11.5 Å². The van der Waals surface area contributed by atoms with Crippen molar-refractivity contribution in [1.82, 2.24) is 4.98 Å². The van der Waals surface area contributed by atoms with Crippen LogP contribution in [0.25, 0.3) is 21.3 Å². The molecule has 0 bridgehead atoms. The molecule has 2 unspecified atom stereocenters. The summed E-state index contributed by atoms with van der Waals surface area (Å²) in [5, 5.41) is 29.1. The van der Waals surface area contributed by atoms with Crippen molar-refractivity contribution < 1.29 is 29.3 Å². The van der Waals surface area contributed by atoms with E-state index < -0.39 is 30.5 Å². The van der Waals surface area contributed by atoms with E-state index in [0.29, 0.717) is 27.1 Å². The van der Waals surface area contributed by atoms with E-state index in [1.54, 1.807) is 18.2 Å². The van der Waals surface area contributed by atoms with Crippen molar-refractivity contribution in [2.24, 2.45) is 5.73 Å². The van der Waals surface area contributed by atoms with Gasteiger partial charge >= 0.3 is 5.97 Å². The number of nitrogen functional groups attached to an aromatic ring is 2. The van der Waals surface area contributed by atoms with E-state index in [2.05, 4.69) is 4.98 Å². The number of aliphatic carboxylic acids is 1. The molecular formula is C21H21N5O6S. The Kier molecular flexibility index (Phi) is 6.57. The van der Waals surface area contributed by atoms with Crippen molar-refractivity contribution in [3.05, 3.63) is 28.6 Å². The second-order valence-corrected chi connectivity index (χ2v) is 8.10. The number of nitrogens with two attached hydrogens (primary N) is 3. The summed E-state index contributed by atoms with van der Waals surface area (Å²) in [6.45, 7) is 1.51.